The van der Waals surface area contributed by atoms with Gasteiger partial charge in [0.15, 0.2) is 0 Å². The Labute approximate surface area is 155 Å². The lowest BCUT2D eigenvalue weighted by Gasteiger charge is -2.22. The summed E-state index contributed by atoms with van der Waals surface area (Å²) in [5, 5.41) is 0.677. The van der Waals surface area contributed by atoms with Gasteiger partial charge in [0.25, 0.3) is 5.56 Å². The zero-order chi connectivity index (χ0) is 19.6. The van der Waals surface area contributed by atoms with E-state index in [1.807, 2.05) is 6.92 Å². The fourth-order valence-corrected chi connectivity index (χ4v) is 3.17. The van der Waals surface area contributed by atoms with Gasteiger partial charge in [0.2, 0.25) is 0 Å². The molecule has 0 aliphatic carbocycles. The summed E-state index contributed by atoms with van der Waals surface area (Å²) < 4.78 is 15.3. The molecule has 0 aliphatic rings. The van der Waals surface area contributed by atoms with Crippen molar-refractivity contribution in [3.05, 3.63) is 62.7 Å². The van der Waals surface area contributed by atoms with Gasteiger partial charge in [-0.25, -0.2) is 9.18 Å². The first-order valence-corrected chi connectivity index (χ1v) is 8.79. The maximum atomic E-state index is 14.0. The second-order valence-electron chi connectivity index (χ2n) is 6.49. The number of nitrogen functional groups attached to an aromatic ring is 1. The Bertz CT molecular complexity index is 1090. The molecule has 1 aromatic carbocycles. The first-order chi connectivity index (χ1) is 12.9. The van der Waals surface area contributed by atoms with Crippen LogP contribution < -0.4 is 21.9 Å². The van der Waals surface area contributed by atoms with Gasteiger partial charge in [-0.1, -0.05) is 19.4 Å². The van der Waals surface area contributed by atoms with E-state index in [2.05, 4.69) is 9.97 Å². The number of hydrogen-bond donors (Lipinski definition) is 2. The number of hydrogen-bond acceptors (Lipinski definition) is 5. The Hall–Kier alpha value is -3.16. The molecule has 0 unspecified atom stereocenters. The van der Waals surface area contributed by atoms with Crippen molar-refractivity contribution in [2.75, 3.05) is 17.7 Å². The van der Waals surface area contributed by atoms with Crippen LogP contribution in [0.1, 0.15) is 25.3 Å². The number of nitrogens with one attached hydrogen (secondary N) is 1. The number of H-pyrrole nitrogens is 1. The lowest BCUT2D eigenvalue weighted by molar-refractivity contribution is 0.603. The highest BCUT2D eigenvalue weighted by Crippen LogP contribution is 2.23. The van der Waals surface area contributed by atoms with Crippen molar-refractivity contribution in [2.24, 2.45) is 0 Å². The number of benzene rings is 1. The van der Waals surface area contributed by atoms with Crippen molar-refractivity contribution < 1.29 is 4.39 Å². The molecule has 0 radical (unpaired) electrons. The average molecular weight is 371 g/mol. The Morgan fingerprint density at radius 3 is 2.85 bits per heavy atom. The van der Waals surface area contributed by atoms with Crippen LogP contribution >= 0.6 is 0 Å². The lowest BCUT2D eigenvalue weighted by atomic mass is 10.1. The van der Waals surface area contributed by atoms with Gasteiger partial charge in [-0.3, -0.25) is 19.3 Å². The standard InChI is InChI=1S/C19H22FN5O2/c1-3-4-8-25-17(21)16(18(26)23-19(25)27)24(2)11-13-10-14(20)9-12-6-5-7-22-15(12)13/h5-7,9-10H,3-4,8,11,21H2,1-2H3,(H,23,26,27). The molecule has 3 aromatic rings. The first-order valence-electron chi connectivity index (χ1n) is 8.79. The van der Waals surface area contributed by atoms with Gasteiger partial charge >= 0.3 is 5.69 Å². The number of rotatable bonds is 6. The Morgan fingerprint density at radius 2 is 2.11 bits per heavy atom. The molecule has 27 heavy (non-hydrogen) atoms. The smallest absolute Gasteiger partial charge is 0.330 e. The molecule has 142 valence electrons. The molecule has 0 amide bonds. The van der Waals surface area contributed by atoms with Crippen molar-refractivity contribution in [2.45, 2.75) is 32.9 Å². The van der Waals surface area contributed by atoms with Crippen LogP contribution in [0.3, 0.4) is 0 Å². The predicted octanol–water partition coefficient (Wildman–Crippen LogP) is 2.24. The van der Waals surface area contributed by atoms with Crippen LogP contribution in [0, 0.1) is 5.82 Å². The van der Waals surface area contributed by atoms with E-state index in [1.165, 1.54) is 16.7 Å². The monoisotopic (exact) mass is 371 g/mol. The number of halogens is 1. The highest BCUT2D eigenvalue weighted by molar-refractivity contribution is 5.82. The van der Waals surface area contributed by atoms with Gasteiger partial charge in [0.1, 0.15) is 17.3 Å². The molecule has 3 rings (SSSR count). The largest absolute Gasteiger partial charge is 0.383 e. The normalized spacial score (nSPS) is 11.1. The molecule has 7 nitrogen and oxygen atoms in total. The van der Waals surface area contributed by atoms with E-state index < -0.39 is 11.2 Å². The van der Waals surface area contributed by atoms with Crippen molar-refractivity contribution in [3.8, 4) is 0 Å². The predicted molar refractivity (Wildman–Crippen MR) is 104 cm³/mol. The topological polar surface area (TPSA) is 97.0 Å². The second-order valence-corrected chi connectivity index (χ2v) is 6.49. The van der Waals surface area contributed by atoms with Gasteiger partial charge in [-0.15, -0.1) is 0 Å². The Kier molecular flexibility index (Phi) is 5.25. The van der Waals surface area contributed by atoms with E-state index in [0.717, 1.165) is 12.8 Å². The molecular formula is C19H22FN5O2. The minimum absolute atomic E-state index is 0.105. The van der Waals surface area contributed by atoms with Crippen molar-refractivity contribution in [1.29, 1.82) is 0 Å². The van der Waals surface area contributed by atoms with Gasteiger partial charge in [0.05, 0.1) is 5.52 Å². The van der Waals surface area contributed by atoms with Gasteiger partial charge in [-0.2, -0.15) is 0 Å². The van der Waals surface area contributed by atoms with Crippen LogP contribution in [-0.4, -0.2) is 21.6 Å². The number of aromatic amines is 1. The number of fused-ring (bicyclic) bond motifs is 1. The molecule has 0 bridgehead atoms. The summed E-state index contributed by atoms with van der Waals surface area (Å²) in [6.07, 6.45) is 3.28. The Morgan fingerprint density at radius 1 is 1.33 bits per heavy atom. The van der Waals surface area contributed by atoms with E-state index in [9.17, 15) is 14.0 Å². The molecular weight excluding hydrogens is 349 g/mol. The van der Waals surface area contributed by atoms with E-state index in [0.29, 0.717) is 23.0 Å². The quantitative estimate of drug-likeness (QED) is 0.693. The highest BCUT2D eigenvalue weighted by atomic mass is 19.1. The fourth-order valence-electron chi connectivity index (χ4n) is 3.17. The summed E-state index contributed by atoms with van der Waals surface area (Å²) in [6, 6.07) is 6.32. The van der Waals surface area contributed by atoms with Crippen molar-refractivity contribution in [1.82, 2.24) is 14.5 Å². The van der Waals surface area contributed by atoms with Crippen molar-refractivity contribution >= 4 is 22.4 Å². The van der Waals surface area contributed by atoms with E-state index in [-0.39, 0.29) is 23.9 Å². The minimum Gasteiger partial charge on any atom is -0.383 e. The third-order valence-corrected chi connectivity index (χ3v) is 4.49. The van der Waals surface area contributed by atoms with Crippen LogP contribution in [-0.2, 0) is 13.1 Å². The molecule has 2 heterocycles. The van der Waals surface area contributed by atoms with E-state index in [4.69, 9.17) is 5.73 Å². The van der Waals surface area contributed by atoms with Gasteiger partial charge in [-0.05, 0) is 24.6 Å². The summed E-state index contributed by atoms with van der Waals surface area (Å²) in [4.78, 5) is 32.7. The summed E-state index contributed by atoms with van der Waals surface area (Å²) in [5.41, 5.74) is 6.50. The molecule has 0 atom stereocenters. The van der Waals surface area contributed by atoms with Crippen LogP contribution in [0.4, 0.5) is 15.9 Å². The summed E-state index contributed by atoms with van der Waals surface area (Å²) in [5.74, 6) is -0.276. The summed E-state index contributed by atoms with van der Waals surface area (Å²) in [6.45, 7) is 2.63. The van der Waals surface area contributed by atoms with Crippen LogP contribution in [0.25, 0.3) is 10.9 Å². The van der Waals surface area contributed by atoms with Crippen LogP contribution in [0.2, 0.25) is 0 Å². The first kappa shape index (κ1) is 18.6. The number of pyridine rings is 1. The van der Waals surface area contributed by atoms with E-state index >= 15 is 0 Å². The molecule has 0 saturated heterocycles. The fraction of sp³-hybridized carbons (Fsp3) is 0.316. The number of nitrogens with zero attached hydrogens (tertiary/aromatic N) is 3. The number of aromatic nitrogens is 3. The molecule has 3 N–H and O–H groups in total. The molecule has 0 saturated carbocycles. The summed E-state index contributed by atoms with van der Waals surface area (Å²) >= 11 is 0. The van der Waals surface area contributed by atoms with Crippen molar-refractivity contribution in [3.63, 3.8) is 0 Å². The van der Waals surface area contributed by atoms with Gasteiger partial charge in [0, 0.05) is 37.3 Å². The minimum atomic E-state index is -0.568. The second kappa shape index (κ2) is 7.61. The molecule has 0 spiro atoms. The number of anilines is 2. The third-order valence-electron chi connectivity index (χ3n) is 4.49. The maximum Gasteiger partial charge on any atom is 0.330 e. The number of unbranched alkanes of at least 4 members (excludes halogenated alkanes) is 1. The van der Waals surface area contributed by atoms with Gasteiger partial charge < -0.3 is 10.6 Å². The van der Waals surface area contributed by atoms with Crippen LogP contribution in [0.15, 0.2) is 40.1 Å². The van der Waals surface area contributed by atoms with E-state index in [1.54, 1.807) is 30.3 Å². The zero-order valence-corrected chi connectivity index (χ0v) is 15.3. The SMILES string of the molecule is CCCCn1c(N)c(N(C)Cc2cc(F)cc3cccnc23)c(=O)[nH]c1=O. The number of nitrogens with two attached hydrogens (primary N) is 1. The molecule has 0 aliphatic heterocycles. The maximum absolute atomic E-state index is 14.0. The Balaban J connectivity index is 2.04. The zero-order valence-electron chi connectivity index (χ0n) is 15.3. The molecule has 0 fully saturated rings. The lowest BCUT2D eigenvalue weighted by Crippen LogP contribution is -2.37. The highest BCUT2D eigenvalue weighted by Gasteiger charge is 2.17. The summed E-state index contributed by atoms with van der Waals surface area (Å²) in [7, 11) is 1.68. The van der Waals surface area contributed by atoms with Crippen LogP contribution in [0.5, 0.6) is 0 Å². The molecule has 8 heteroatoms. The third kappa shape index (κ3) is 3.69. The molecule has 2 aromatic heterocycles. The average Bonchev–Trinajstić information content (AvgIpc) is 2.61.